The van der Waals surface area contributed by atoms with E-state index in [-0.39, 0.29) is 12.2 Å². The minimum atomic E-state index is -0.614. The van der Waals surface area contributed by atoms with Crippen LogP contribution in [0, 0.1) is 9.39 Å². The Balaban J connectivity index is 1.82. The van der Waals surface area contributed by atoms with Crippen LogP contribution in [0.3, 0.4) is 0 Å². The number of carbonyl (C=O) groups excluding carboxylic acids is 2. The molecule has 0 heterocycles. The zero-order valence-corrected chi connectivity index (χ0v) is 15.0. The maximum atomic E-state index is 13.5. The molecule has 0 unspecified atom stereocenters. The quantitative estimate of drug-likeness (QED) is 0.551. The first-order valence-electron chi connectivity index (χ1n) is 7.01. The van der Waals surface area contributed by atoms with Crippen molar-refractivity contribution in [3.05, 3.63) is 57.4 Å². The highest BCUT2D eigenvalue weighted by atomic mass is 127. The summed E-state index contributed by atoms with van der Waals surface area (Å²) < 4.78 is 24.2. The van der Waals surface area contributed by atoms with Crippen LogP contribution in [0.15, 0.2) is 42.5 Å². The van der Waals surface area contributed by atoms with Gasteiger partial charge in [-0.15, -0.1) is 0 Å². The summed E-state index contributed by atoms with van der Waals surface area (Å²) in [5, 5.41) is 2.63. The molecule has 5 nitrogen and oxygen atoms in total. The number of halogens is 2. The number of ether oxygens (including phenoxy) is 2. The predicted octanol–water partition coefficient (Wildman–Crippen LogP) is 3.16. The van der Waals surface area contributed by atoms with Crippen LogP contribution in [0.2, 0.25) is 0 Å². The number of carbonyl (C=O) groups is 2. The Morgan fingerprint density at radius 3 is 2.67 bits per heavy atom. The summed E-state index contributed by atoms with van der Waals surface area (Å²) in [7, 11) is 1.36. The Kier molecular flexibility index (Phi) is 6.53. The van der Waals surface area contributed by atoms with Crippen molar-refractivity contribution < 1.29 is 23.5 Å². The molecule has 0 aliphatic carbocycles. The van der Waals surface area contributed by atoms with Crippen molar-refractivity contribution in [2.24, 2.45) is 0 Å². The number of rotatable bonds is 6. The fourth-order valence-corrected chi connectivity index (χ4v) is 2.49. The zero-order valence-electron chi connectivity index (χ0n) is 12.8. The van der Waals surface area contributed by atoms with Gasteiger partial charge >= 0.3 is 5.97 Å². The van der Waals surface area contributed by atoms with Gasteiger partial charge in [0.25, 0.3) is 5.91 Å². The van der Waals surface area contributed by atoms with E-state index < -0.39 is 24.3 Å². The highest BCUT2D eigenvalue weighted by Crippen LogP contribution is 2.18. The van der Waals surface area contributed by atoms with Crippen molar-refractivity contribution in [2.45, 2.75) is 6.42 Å². The Morgan fingerprint density at radius 2 is 2.00 bits per heavy atom. The molecule has 1 N–H and O–H groups in total. The molecule has 0 aliphatic heterocycles. The van der Waals surface area contributed by atoms with Gasteiger partial charge in [0, 0.05) is 9.26 Å². The Morgan fingerprint density at radius 1 is 1.21 bits per heavy atom. The van der Waals surface area contributed by atoms with E-state index >= 15 is 0 Å². The van der Waals surface area contributed by atoms with Crippen molar-refractivity contribution in [1.82, 2.24) is 0 Å². The van der Waals surface area contributed by atoms with E-state index in [1.165, 1.54) is 19.2 Å². The molecule has 0 saturated carbocycles. The van der Waals surface area contributed by atoms with Crippen LogP contribution < -0.4 is 10.1 Å². The summed E-state index contributed by atoms with van der Waals surface area (Å²) in [6.45, 7) is -0.400. The van der Waals surface area contributed by atoms with E-state index in [0.717, 1.165) is 3.57 Å². The maximum absolute atomic E-state index is 13.5. The minimum Gasteiger partial charge on any atom is -0.494 e. The molecule has 126 valence electrons. The number of anilines is 1. The van der Waals surface area contributed by atoms with Crippen LogP contribution in [-0.4, -0.2) is 25.6 Å². The number of nitrogens with one attached hydrogen (secondary N) is 1. The monoisotopic (exact) mass is 443 g/mol. The molecule has 0 spiro atoms. The van der Waals surface area contributed by atoms with Gasteiger partial charge in [0.15, 0.2) is 18.2 Å². The molecule has 2 aromatic carbocycles. The van der Waals surface area contributed by atoms with Gasteiger partial charge in [-0.2, -0.15) is 0 Å². The van der Waals surface area contributed by atoms with E-state index in [1.54, 1.807) is 18.2 Å². The number of hydrogen-bond donors (Lipinski definition) is 1. The molecular weight excluding hydrogens is 428 g/mol. The van der Waals surface area contributed by atoms with Crippen LogP contribution in [0.1, 0.15) is 5.56 Å². The van der Waals surface area contributed by atoms with Crippen molar-refractivity contribution in [3.8, 4) is 5.75 Å². The van der Waals surface area contributed by atoms with Crippen molar-refractivity contribution in [3.63, 3.8) is 0 Å². The summed E-state index contributed by atoms with van der Waals surface area (Å²) in [5.74, 6) is -1.51. The fraction of sp³-hybridized carbons (Fsp3) is 0.176. The molecule has 0 radical (unpaired) electrons. The normalized spacial score (nSPS) is 10.1. The summed E-state index contributed by atoms with van der Waals surface area (Å²) in [4.78, 5) is 23.5. The Labute approximate surface area is 152 Å². The lowest BCUT2D eigenvalue weighted by Crippen LogP contribution is -2.21. The van der Waals surface area contributed by atoms with E-state index in [2.05, 4.69) is 27.9 Å². The second-order valence-electron chi connectivity index (χ2n) is 4.86. The van der Waals surface area contributed by atoms with Crippen molar-refractivity contribution in [1.29, 1.82) is 0 Å². The number of benzene rings is 2. The Hall–Kier alpha value is -2.16. The molecule has 0 atom stereocenters. The minimum absolute atomic E-state index is 0.101. The van der Waals surface area contributed by atoms with E-state index in [0.29, 0.717) is 11.3 Å². The van der Waals surface area contributed by atoms with Crippen LogP contribution in [0.4, 0.5) is 10.1 Å². The fourth-order valence-electron chi connectivity index (χ4n) is 1.95. The summed E-state index contributed by atoms with van der Waals surface area (Å²) in [5.41, 5.74) is 1.07. The molecule has 2 aromatic rings. The molecule has 0 aromatic heterocycles. The number of amides is 1. The SMILES string of the molecule is COc1ccc(CC(=O)OCC(=O)Nc2cccc(I)c2)cc1F. The average molecular weight is 443 g/mol. The van der Waals surface area contributed by atoms with Gasteiger partial charge in [-0.05, 0) is 58.5 Å². The molecule has 0 fully saturated rings. The molecule has 24 heavy (non-hydrogen) atoms. The van der Waals surface area contributed by atoms with Crippen molar-refractivity contribution in [2.75, 3.05) is 19.0 Å². The van der Waals surface area contributed by atoms with E-state index in [9.17, 15) is 14.0 Å². The lowest BCUT2D eigenvalue weighted by molar-refractivity contribution is -0.146. The topological polar surface area (TPSA) is 64.6 Å². The third-order valence-corrected chi connectivity index (χ3v) is 3.71. The zero-order chi connectivity index (χ0) is 17.5. The van der Waals surface area contributed by atoms with E-state index in [4.69, 9.17) is 9.47 Å². The lowest BCUT2D eigenvalue weighted by atomic mass is 10.1. The molecule has 0 saturated heterocycles. The first-order valence-corrected chi connectivity index (χ1v) is 8.09. The number of hydrogen-bond acceptors (Lipinski definition) is 4. The standard InChI is InChI=1S/C17H15FINO4/c1-23-15-6-5-11(7-14(15)18)8-17(22)24-10-16(21)20-13-4-2-3-12(19)9-13/h2-7,9H,8,10H2,1H3,(H,20,21). The second-order valence-corrected chi connectivity index (χ2v) is 6.11. The third kappa shape index (κ3) is 5.48. The van der Waals surface area contributed by atoms with E-state index in [1.807, 2.05) is 12.1 Å². The highest BCUT2D eigenvalue weighted by molar-refractivity contribution is 14.1. The maximum Gasteiger partial charge on any atom is 0.310 e. The summed E-state index contributed by atoms with van der Waals surface area (Å²) >= 11 is 2.13. The lowest BCUT2D eigenvalue weighted by Gasteiger charge is -2.08. The number of esters is 1. The molecular formula is C17H15FINO4. The van der Waals surface area contributed by atoms with Crippen LogP contribution in [-0.2, 0) is 20.7 Å². The average Bonchev–Trinajstić information content (AvgIpc) is 2.53. The summed E-state index contributed by atoms with van der Waals surface area (Å²) in [6.07, 6.45) is -0.128. The van der Waals surface area contributed by atoms with Gasteiger partial charge in [-0.3, -0.25) is 9.59 Å². The smallest absolute Gasteiger partial charge is 0.310 e. The van der Waals surface area contributed by atoms with Gasteiger partial charge in [-0.1, -0.05) is 12.1 Å². The predicted molar refractivity (Wildman–Crippen MR) is 95.4 cm³/mol. The van der Waals surface area contributed by atoms with Gasteiger partial charge in [0.1, 0.15) is 0 Å². The van der Waals surface area contributed by atoms with Crippen molar-refractivity contribution >= 4 is 40.2 Å². The number of methoxy groups -OCH3 is 1. The van der Waals surface area contributed by atoms with Gasteiger partial charge in [-0.25, -0.2) is 4.39 Å². The molecule has 0 aliphatic rings. The summed E-state index contributed by atoms with van der Waals surface area (Å²) in [6, 6.07) is 11.4. The highest BCUT2D eigenvalue weighted by Gasteiger charge is 2.11. The molecule has 1 amide bonds. The van der Waals surface area contributed by atoms with Gasteiger partial charge in [0.2, 0.25) is 0 Å². The third-order valence-electron chi connectivity index (χ3n) is 3.04. The Bertz CT molecular complexity index is 751. The van der Waals surface area contributed by atoms with Crippen LogP contribution >= 0.6 is 22.6 Å². The van der Waals surface area contributed by atoms with Crippen LogP contribution in [0.5, 0.6) is 5.75 Å². The first kappa shape index (κ1) is 18.2. The van der Waals surface area contributed by atoms with Gasteiger partial charge in [0.05, 0.1) is 13.5 Å². The van der Waals surface area contributed by atoms with Crippen LogP contribution in [0.25, 0.3) is 0 Å². The first-order chi connectivity index (χ1) is 11.5. The molecule has 0 bridgehead atoms. The van der Waals surface area contributed by atoms with Gasteiger partial charge < -0.3 is 14.8 Å². The second kappa shape index (κ2) is 8.62. The molecule has 2 rings (SSSR count). The molecule has 7 heteroatoms. The largest absolute Gasteiger partial charge is 0.494 e.